The van der Waals surface area contributed by atoms with Gasteiger partial charge in [-0.3, -0.25) is 9.59 Å². The van der Waals surface area contributed by atoms with Gasteiger partial charge in [-0.1, -0.05) is 59.7 Å². The standard InChI is InChI=1S/2C23H25N5O2.H2O/c2*29-23(19-8-14-30-15-19)24-9-13-27-10-5-18(6-11-27)21-20-4-2-1-3-17(20)7-12-28-22(21)25-16-26-28;/h2*1-4,8,14-16H,5-7,9-13H2,(H,24,29);1H2. The van der Waals surface area contributed by atoms with Crippen LogP contribution in [0.4, 0.5) is 0 Å². The minimum atomic E-state index is -0.0852. The van der Waals surface area contributed by atoms with Gasteiger partial charge >= 0.3 is 0 Å². The molecule has 61 heavy (non-hydrogen) atoms. The van der Waals surface area contributed by atoms with Crippen LogP contribution in [0.1, 0.15) is 80.3 Å². The number of nitrogens with one attached hydrogen (secondary N) is 2. The number of furan rings is 2. The Hall–Kier alpha value is -6.42. The summed E-state index contributed by atoms with van der Waals surface area (Å²) in [4.78, 5) is 38.1. The first-order chi connectivity index (χ1) is 29.6. The molecule has 2 amide bonds. The summed E-state index contributed by atoms with van der Waals surface area (Å²) in [7, 11) is 0. The van der Waals surface area contributed by atoms with E-state index in [2.05, 4.69) is 89.1 Å². The van der Waals surface area contributed by atoms with Crippen LogP contribution in [0.15, 0.2) is 118 Å². The van der Waals surface area contributed by atoms with Gasteiger partial charge in [0.1, 0.15) is 25.2 Å². The zero-order valence-corrected chi connectivity index (χ0v) is 34.3. The van der Waals surface area contributed by atoms with Crippen LogP contribution in [0.3, 0.4) is 0 Å². The summed E-state index contributed by atoms with van der Waals surface area (Å²) in [6.07, 6.45) is 15.3. The number of likely N-dealkylation sites (tertiary alicyclic amines) is 2. The maximum Gasteiger partial charge on any atom is 0.254 e. The number of amides is 2. The number of nitrogens with zero attached hydrogens (tertiary/aromatic N) is 8. The highest BCUT2D eigenvalue weighted by molar-refractivity contribution is 5.94. The van der Waals surface area contributed by atoms with Gasteiger partial charge in [0.15, 0.2) is 11.6 Å². The second-order valence-corrected chi connectivity index (χ2v) is 15.6. The summed E-state index contributed by atoms with van der Waals surface area (Å²) in [5.41, 5.74) is 11.9. The molecule has 4 N–H and O–H groups in total. The average molecular weight is 825 g/mol. The predicted molar refractivity (Wildman–Crippen MR) is 229 cm³/mol. The van der Waals surface area contributed by atoms with Crippen molar-refractivity contribution in [1.29, 1.82) is 0 Å². The van der Waals surface area contributed by atoms with E-state index < -0.39 is 0 Å². The van der Waals surface area contributed by atoms with Crippen LogP contribution in [-0.4, -0.2) is 109 Å². The van der Waals surface area contributed by atoms with Gasteiger partial charge in [-0.25, -0.2) is 19.3 Å². The Balaban J connectivity index is 0.000000166. The molecular formula is C46H52N10O5. The number of hydrogen-bond acceptors (Lipinski definition) is 10. The number of carbonyl (C=O) groups excluding carboxylic acids is 2. The zero-order valence-electron chi connectivity index (χ0n) is 34.3. The highest BCUT2D eigenvalue weighted by atomic mass is 16.3. The van der Waals surface area contributed by atoms with Crippen molar-refractivity contribution in [2.24, 2.45) is 0 Å². The van der Waals surface area contributed by atoms with E-state index in [4.69, 9.17) is 8.83 Å². The van der Waals surface area contributed by atoms with Crippen LogP contribution in [0, 0.1) is 0 Å². The van der Waals surface area contributed by atoms with Gasteiger partial charge in [0.2, 0.25) is 0 Å². The molecule has 15 heteroatoms. The molecule has 0 saturated carbocycles. The smallest absolute Gasteiger partial charge is 0.254 e. The number of carbonyl (C=O) groups is 2. The number of rotatable bonds is 8. The largest absolute Gasteiger partial charge is 0.472 e. The van der Waals surface area contributed by atoms with Crippen molar-refractivity contribution in [1.82, 2.24) is 50.0 Å². The van der Waals surface area contributed by atoms with Gasteiger partial charge in [0.05, 0.1) is 23.7 Å². The molecule has 2 fully saturated rings. The van der Waals surface area contributed by atoms with E-state index in [1.54, 1.807) is 24.8 Å². The van der Waals surface area contributed by atoms with Crippen molar-refractivity contribution >= 4 is 23.0 Å². The summed E-state index contributed by atoms with van der Waals surface area (Å²) >= 11 is 0. The Bertz CT molecular complexity index is 2290. The number of aromatic nitrogens is 6. The van der Waals surface area contributed by atoms with Gasteiger partial charge in [-0.05, 0) is 72.9 Å². The lowest BCUT2D eigenvalue weighted by Gasteiger charge is -2.30. The van der Waals surface area contributed by atoms with Gasteiger partial charge < -0.3 is 34.7 Å². The first kappa shape index (κ1) is 41.3. The molecule has 316 valence electrons. The molecule has 0 radical (unpaired) electrons. The summed E-state index contributed by atoms with van der Waals surface area (Å²) in [5.74, 6) is 1.82. The van der Waals surface area contributed by atoms with E-state index in [1.807, 2.05) is 9.36 Å². The first-order valence-electron chi connectivity index (χ1n) is 21.0. The molecule has 2 aromatic carbocycles. The van der Waals surface area contributed by atoms with Crippen LogP contribution in [0.2, 0.25) is 0 Å². The highest BCUT2D eigenvalue weighted by Crippen LogP contribution is 2.36. The van der Waals surface area contributed by atoms with Crippen LogP contribution < -0.4 is 10.6 Å². The fourth-order valence-electron chi connectivity index (χ4n) is 8.84. The summed E-state index contributed by atoms with van der Waals surface area (Å²) in [5, 5.41) is 14.8. The molecule has 10 rings (SSSR count). The van der Waals surface area contributed by atoms with E-state index in [1.165, 1.54) is 69.6 Å². The Morgan fingerprint density at radius 3 is 1.39 bits per heavy atom. The van der Waals surface area contributed by atoms with E-state index in [0.717, 1.165) is 103 Å². The zero-order chi connectivity index (χ0) is 40.7. The van der Waals surface area contributed by atoms with Crippen LogP contribution in [-0.2, 0) is 25.9 Å². The fourth-order valence-corrected chi connectivity index (χ4v) is 8.84. The third-order valence-corrected chi connectivity index (χ3v) is 12.1. The second-order valence-electron chi connectivity index (χ2n) is 15.6. The Morgan fingerprint density at radius 2 is 0.984 bits per heavy atom. The molecule has 2 saturated heterocycles. The van der Waals surface area contributed by atoms with E-state index in [0.29, 0.717) is 24.2 Å². The van der Waals surface area contributed by atoms with E-state index in [9.17, 15) is 9.59 Å². The SMILES string of the molecule is O.O=C(NCCN1CCC(=C2c3ccccc3CCn3ncnc32)CC1)c1ccoc1.O=C(NCCN1CCC(=C2c3ccccc3CCn3ncnc32)CC1)c1ccoc1. The minimum absolute atomic E-state index is 0. The molecule has 0 aliphatic carbocycles. The van der Waals surface area contributed by atoms with Crippen LogP contribution >= 0.6 is 0 Å². The maximum atomic E-state index is 12.0. The molecule has 6 aromatic rings. The van der Waals surface area contributed by atoms with Crippen molar-refractivity contribution in [3.05, 3.63) is 155 Å². The normalized spacial score (nSPS) is 16.4. The van der Waals surface area contributed by atoms with Crippen molar-refractivity contribution in [2.45, 2.75) is 51.6 Å². The Morgan fingerprint density at radius 1 is 0.557 bits per heavy atom. The molecule has 15 nitrogen and oxygen atoms in total. The maximum absolute atomic E-state index is 12.0. The molecule has 4 aliphatic heterocycles. The van der Waals surface area contributed by atoms with Crippen LogP contribution in [0.5, 0.6) is 0 Å². The van der Waals surface area contributed by atoms with E-state index in [-0.39, 0.29) is 17.3 Å². The van der Waals surface area contributed by atoms with Gasteiger partial charge in [-0.2, -0.15) is 10.2 Å². The highest BCUT2D eigenvalue weighted by Gasteiger charge is 2.27. The molecule has 4 aromatic heterocycles. The van der Waals surface area contributed by atoms with Gasteiger partial charge in [-0.15, -0.1) is 0 Å². The summed E-state index contributed by atoms with van der Waals surface area (Å²) < 4.78 is 14.0. The summed E-state index contributed by atoms with van der Waals surface area (Å²) in [6, 6.07) is 20.7. The molecule has 0 spiro atoms. The lowest BCUT2D eigenvalue weighted by Crippen LogP contribution is -2.38. The monoisotopic (exact) mass is 824 g/mol. The number of aryl methyl sites for hydroxylation is 4. The van der Waals surface area contributed by atoms with Crippen molar-refractivity contribution < 1.29 is 23.9 Å². The van der Waals surface area contributed by atoms with Crippen molar-refractivity contribution in [3.8, 4) is 0 Å². The first-order valence-corrected chi connectivity index (χ1v) is 21.0. The number of benzene rings is 2. The lowest BCUT2D eigenvalue weighted by molar-refractivity contribution is 0.0938. The van der Waals surface area contributed by atoms with E-state index >= 15 is 0 Å². The molecule has 0 atom stereocenters. The topological polar surface area (TPSA) is 184 Å². The number of piperidine rings is 2. The van der Waals surface area contributed by atoms with Gasteiger partial charge in [0, 0.05) is 76.6 Å². The number of fused-ring (bicyclic) bond motifs is 4. The van der Waals surface area contributed by atoms with Crippen LogP contribution in [0.25, 0.3) is 11.1 Å². The third kappa shape index (κ3) is 9.33. The lowest BCUT2D eigenvalue weighted by atomic mass is 9.90. The average Bonchev–Trinajstić information content (AvgIpc) is 4.14. The predicted octanol–water partition coefficient (Wildman–Crippen LogP) is 4.69. The molecule has 0 bridgehead atoms. The van der Waals surface area contributed by atoms with Gasteiger partial charge in [0.25, 0.3) is 11.8 Å². The van der Waals surface area contributed by atoms with Crippen molar-refractivity contribution in [3.63, 3.8) is 0 Å². The Kier molecular flexibility index (Phi) is 13.1. The summed E-state index contributed by atoms with van der Waals surface area (Å²) in [6.45, 7) is 8.62. The molecule has 8 heterocycles. The molecule has 4 aliphatic rings. The molecular weight excluding hydrogens is 773 g/mol. The molecule has 0 unspecified atom stereocenters. The third-order valence-electron chi connectivity index (χ3n) is 12.1. The van der Waals surface area contributed by atoms with Crippen molar-refractivity contribution in [2.75, 3.05) is 52.4 Å². The second kappa shape index (κ2) is 19.3. The Labute approximate surface area is 354 Å². The number of hydrogen-bond donors (Lipinski definition) is 2. The quantitative estimate of drug-likeness (QED) is 0.219. The fraction of sp³-hybridized carbons (Fsp3) is 0.348. The minimum Gasteiger partial charge on any atom is -0.472 e.